The van der Waals surface area contributed by atoms with Gasteiger partial charge in [-0.1, -0.05) is 162 Å². The van der Waals surface area contributed by atoms with Gasteiger partial charge in [-0.15, -0.1) is 0 Å². The standard InChI is InChI=1S/C49H82NO8P/c1-3-5-7-9-11-13-15-17-19-20-21-22-23-24-25-26-28-30-32-34-36-38-40-42-49(52)58-47(46-57-59(53,54)56-44-43-50)45-55-48(51)41-39-37-35-33-31-29-27-18-16-14-12-10-8-6-4-2/h5,7,11,13,17-19,21-22,24-25,27-28,30,34,36,47H,3-4,6,8-10,12,14-16,20,23,26,29,31-33,35,37-46,50H2,1-2H3,(H,53,54)/b7-5-,13-11-,19-17-,22-21-,25-24-,27-18-,30-28-,36-34-. The van der Waals surface area contributed by atoms with E-state index in [1.54, 1.807) is 0 Å². The molecular formula is C49H82NO8P. The third-order valence-corrected chi connectivity index (χ3v) is 9.94. The maximum atomic E-state index is 12.6. The van der Waals surface area contributed by atoms with Crippen LogP contribution in [0.1, 0.15) is 168 Å². The molecule has 0 amide bonds. The molecule has 2 unspecified atom stereocenters. The number of carbonyl (C=O) groups is 2. The van der Waals surface area contributed by atoms with E-state index in [-0.39, 0.29) is 32.6 Å². The minimum absolute atomic E-state index is 0.0378. The fourth-order valence-electron chi connectivity index (χ4n) is 5.62. The Labute approximate surface area is 359 Å². The van der Waals surface area contributed by atoms with Crippen LogP contribution in [-0.4, -0.2) is 49.3 Å². The summed E-state index contributed by atoms with van der Waals surface area (Å²) in [4.78, 5) is 34.9. The van der Waals surface area contributed by atoms with Crippen LogP contribution in [0.2, 0.25) is 0 Å². The van der Waals surface area contributed by atoms with E-state index in [1.165, 1.54) is 44.9 Å². The monoisotopic (exact) mass is 844 g/mol. The number of allylic oxidation sites excluding steroid dienone is 16. The highest BCUT2D eigenvalue weighted by molar-refractivity contribution is 7.47. The van der Waals surface area contributed by atoms with E-state index in [2.05, 4.69) is 105 Å². The average Bonchev–Trinajstić information content (AvgIpc) is 3.22. The number of nitrogens with two attached hydrogens (primary N) is 1. The van der Waals surface area contributed by atoms with Crippen LogP contribution in [-0.2, 0) is 32.7 Å². The molecule has 0 spiro atoms. The summed E-state index contributed by atoms with van der Waals surface area (Å²) in [6.45, 7) is 3.52. The van der Waals surface area contributed by atoms with Gasteiger partial charge in [-0.3, -0.25) is 18.6 Å². The van der Waals surface area contributed by atoms with Crippen LogP contribution in [0.15, 0.2) is 97.2 Å². The topological polar surface area (TPSA) is 134 Å². The molecule has 0 radical (unpaired) electrons. The normalized spacial score (nSPS) is 14.2. The minimum atomic E-state index is -4.40. The number of esters is 2. The second-order valence-electron chi connectivity index (χ2n) is 14.5. The van der Waals surface area contributed by atoms with Gasteiger partial charge in [-0.2, -0.15) is 0 Å². The lowest BCUT2D eigenvalue weighted by Gasteiger charge is -2.19. The zero-order valence-corrected chi connectivity index (χ0v) is 37.8. The largest absolute Gasteiger partial charge is 0.472 e. The second kappa shape index (κ2) is 44.5. The van der Waals surface area contributed by atoms with E-state index in [0.717, 1.165) is 77.0 Å². The number of phosphoric acid groups is 1. The molecule has 0 aromatic rings. The van der Waals surface area contributed by atoms with Crippen LogP contribution < -0.4 is 5.73 Å². The number of phosphoric ester groups is 1. The fourth-order valence-corrected chi connectivity index (χ4v) is 6.38. The summed E-state index contributed by atoms with van der Waals surface area (Å²) in [5, 5.41) is 0. The number of hydrogen-bond donors (Lipinski definition) is 2. The van der Waals surface area contributed by atoms with Crippen LogP contribution in [0, 0.1) is 0 Å². The van der Waals surface area contributed by atoms with Crippen molar-refractivity contribution >= 4 is 19.8 Å². The second-order valence-corrected chi connectivity index (χ2v) is 16.0. The lowest BCUT2D eigenvalue weighted by atomic mass is 10.1. The van der Waals surface area contributed by atoms with Crippen LogP contribution in [0.3, 0.4) is 0 Å². The van der Waals surface area contributed by atoms with Crippen molar-refractivity contribution in [2.75, 3.05) is 26.4 Å². The van der Waals surface area contributed by atoms with Gasteiger partial charge in [0.25, 0.3) is 0 Å². The Hall–Kier alpha value is -3.07. The summed E-state index contributed by atoms with van der Waals surface area (Å²) in [5.41, 5.74) is 5.35. The van der Waals surface area contributed by atoms with Crippen molar-refractivity contribution in [1.29, 1.82) is 0 Å². The first-order valence-corrected chi connectivity index (χ1v) is 24.2. The Morgan fingerprint density at radius 1 is 0.525 bits per heavy atom. The molecule has 336 valence electrons. The van der Waals surface area contributed by atoms with Gasteiger partial charge >= 0.3 is 19.8 Å². The molecule has 0 aromatic heterocycles. The Kier molecular flexibility index (Phi) is 42.2. The van der Waals surface area contributed by atoms with Crippen LogP contribution in [0.4, 0.5) is 0 Å². The highest BCUT2D eigenvalue weighted by Crippen LogP contribution is 2.43. The van der Waals surface area contributed by atoms with Crippen molar-refractivity contribution in [3.8, 4) is 0 Å². The zero-order chi connectivity index (χ0) is 43.2. The van der Waals surface area contributed by atoms with Crippen LogP contribution in [0.25, 0.3) is 0 Å². The van der Waals surface area contributed by atoms with Crippen molar-refractivity contribution < 1.29 is 37.6 Å². The molecule has 0 heterocycles. The molecule has 2 atom stereocenters. The maximum Gasteiger partial charge on any atom is 0.472 e. The Bertz CT molecular complexity index is 1280. The average molecular weight is 844 g/mol. The number of unbranched alkanes of at least 4 members (excludes halogenated alkanes) is 12. The Morgan fingerprint density at radius 3 is 1.46 bits per heavy atom. The quantitative estimate of drug-likeness (QED) is 0.0267. The van der Waals surface area contributed by atoms with Crippen molar-refractivity contribution in [1.82, 2.24) is 0 Å². The van der Waals surface area contributed by atoms with Gasteiger partial charge in [-0.05, 0) is 89.9 Å². The van der Waals surface area contributed by atoms with E-state index < -0.39 is 32.5 Å². The third kappa shape index (κ3) is 44.3. The van der Waals surface area contributed by atoms with Gasteiger partial charge in [0.15, 0.2) is 6.10 Å². The van der Waals surface area contributed by atoms with Crippen molar-refractivity contribution in [3.05, 3.63) is 97.2 Å². The molecule has 0 aliphatic heterocycles. The smallest absolute Gasteiger partial charge is 0.462 e. The van der Waals surface area contributed by atoms with E-state index in [9.17, 15) is 19.0 Å². The van der Waals surface area contributed by atoms with E-state index >= 15 is 0 Å². The highest BCUT2D eigenvalue weighted by Gasteiger charge is 2.25. The maximum absolute atomic E-state index is 12.6. The molecule has 0 fully saturated rings. The van der Waals surface area contributed by atoms with Crippen molar-refractivity contribution in [3.63, 3.8) is 0 Å². The number of rotatable bonds is 41. The summed E-state index contributed by atoms with van der Waals surface area (Å²) in [6.07, 6.45) is 57.3. The number of ether oxygens (including phenoxy) is 2. The first-order valence-electron chi connectivity index (χ1n) is 22.7. The van der Waals surface area contributed by atoms with Crippen molar-refractivity contribution in [2.45, 2.75) is 174 Å². The molecule has 0 rings (SSSR count). The summed E-state index contributed by atoms with van der Waals surface area (Å²) >= 11 is 0. The van der Waals surface area contributed by atoms with Gasteiger partial charge in [0.1, 0.15) is 6.61 Å². The Balaban J connectivity index is 4.28. The van der Waals surface area contributed by atoms with Gasteiger partial charge in [-0.25, -0.2) is 4.57 Å². The SMILES string of the molecule is CC/C=C\C/C=C\C/C=C\C/C=C\C/C=C\C/C=C\C/C=C\CCCC(=O)OC(COC(=O)CCCCCCC/C=C\CCCCCCCC)COP(=O)(O)OCCN. The van der Waals surface area contributed by atoms with E-state index in [0.29, 0.717) is 19.3 Å². The summed E-state index contributed by atoms with van der Waals surface area (Å²) in [6, 6.07) is 0. The Morgan fingerprint density at radius 2 is 0.949 bits per heavy atom. The van der Waals surface area contributed by atoms with Gasteiger partial charge in [0.05, 0.1) is 13.2 Å². The molecule has 0 aliphatic rings. The highest BCUT2D eigenvalue weighted by atomic mass is 31.2. The van der Waals surface area contributed by atoms with Crippen LogP contribution in [0.5, 0.6) is 0 Å². The lowest BCUT2D eigenvalue weighted by molar-refractivity contribution is -0.161. The van der Waals surface area contributed by atoms with Crippen LogP contribution >= 0.6 is 7.82 Å². The predicted octanol–water partition coefficient (Wildman–Crippen LogP) is 13.4. The first kappa shape index (κ1) is 55.9. The van der Waals surface area contributed by atoms with Gasteiger partial charge in [0, 0.05) is 19.4 Å². The molecule has 9 nitrogen and oxygen atoms in total. The summed E-state index contributed by atoms with van der Waals surface area (Å²) in [5.74, 6) is -0.916. The molecule has 0 aromatic carbocycles. The zero-order valence-electron chi connectivity index (χ0n) is 36.9. The third-order valence-electron chi connectivity index (χ3n) is 8.95. The molecule has 0 aliphatic carbocycles. The first-order chi connectivity index (χ1) is 28.8. The molecule has 10 heteroatoms. The summed E-state index contributed by atoms with van der Waals surface area (Å²) < 4.78 is 32.7. The van der Waals surface area contributed by atoms with Gasteiger partial charge in [0.2, 0.25) is 0 Å². The molecule has 0 saturated carbocycles. The van der Waals surface area contributed by atoms with E-state index in [4.69, 9.17) is 24.3 Å². The predicted molar refractivity (Wildman–Crippen MR) is 247 cm³/mol. The number of hydrogen-bond acceptors (Lipinski definition) is 8. The minimum Gasteiger partial charge on any atom is -0.462 e. The summed E-state index contributed by atoms with van der Waals surface area (Å²) in [7, 11) is -4.40. The fraction of sp³-hybridized carbons (Fsp3) is 0.633. The molecule has 0 bridgehead atoms. The molecule has 3 N–H and O–H groups in total. The van der Waals surface area contributed by atoms with E-state index in [1.807, 2.05) is 6.08 Å². The van der Waals surface area contributed by atoms with Gasteiger partial charge < -0.3 is 20.1 Å². The molecular weight excluding hydrogens is 762 g/mol. The molecule has 59 heavy (non-hydrogen) atoms. The number of carbonyl (C=O) groups excluding carboxylic acids is 2. The lowest BCUT2D eigenvalue weighted by Crippen LogP contribution is -2.29. The molecule has 0 saturated heterocycles. The van der Waals surface area contributed by atoms with Crippen molar-refractivity contribution in [2.24, 2.45) is 5.73 Å².